The van der Waals surface area contributed by atoms with Crippen molar-refractivity contribution in [2.24, 2.45) is 0 Å². The molecule has 1 rings (SSSR count). The van der Waals surface area contributed by atoms with Gasteiger partial charge in [0, 0.05) is 5.30 Å². The molecule has 0 spiro atoms. The normalized spacial score (nSPS) is 8.70. The van der Waals surface area contributed by atoms with Crippen LogP contribution in [0.15, 0.2) is 18.2 Å². The quantitative estimate of drug-likeness (QED) is 0.538. The number of halogens is 3. The fraction of sp³-hybridized carbons (Fsp3) is 0. The Morgan fingerprint density at radius 3 is 2.20 bits per heavy atom. The molecular formula is C6H6ClF2P. The molecule has 0 nitrogen and oxygen atoms in total. The van der Waals surface area contributed by atoms with Gasteiger partial charge >= 0.3 is 0 Å². The summed E-state index contributed by atoms with van der Waals surface area (Å²) in [5.74, 6) is -1.59. The van der Waals surface area contributed by atoms with Crippen molar-refractivity contribution < 1.29 is 8.78 Å². The Kier molecular flexibility index (Phi) is 3.77. The van der Waals surface area contributed by atoms with Crippen LogP contribution in [0.3, 0.4) is 0 Å². The number of rotatable bonds is 0. The van der Waals surface area contributed by atoms with Crippen LogP contribution in [-0.2, 0) is 0 Å². The first-order valence-corrected chi connectivity index (χ1v) is 2.99. The second-order valence-corrected chi connectivity index (χ2v) is 2.27. The highest BCUT2D eigenvalue weighted by molar-refractivity contribution is 7.27. The van der Waals surface area contributed by atoms with E-state index < -0.39 is 11.6 Å². The third-order valence-electron chi connectivity index (χ3n) is 0.981. The highest BCUT2D eigenvalue weighted by Crippen LogP contribution is 2.03. The fourth-order valence-electron chi connectivity index (χ4n) is 0.520. The van der Waals surface area contributed by atoms with E-state index in [4.69, 9.17) is 0 Å². The third-order valence-corrected chi connectivity index (χ3v) is 1.43. The Balaban J connectivity index is 0.000000810. The molecule has 0 N–H and O–H groups in total. The average Bonchev–Trinajstić information content (AvgIpc) is 1.83. The van der Waals surface area contributed by atoms with Crippen LogP contribution >= 0.6 is 21.6 Å². The molecule has 0 fully saturated rings. The Hall–Kier alpha value is -0.200. The molecule has 0 aliphatic rings. The molecule has 1 aromatic carbocycles. The number of hydrogen-bond donors (Lipinski definition) is 0. The van der Waals surface area contributed by atoms with E-state index in [1.165, 1.54) is 12.1 Å². The van der Waals surface area contributed by atoms with Crippen LogP contribution in [0, 0.1) is 11.6 Å². The van der Waals surface area contributed by atoms with Crippen LogP contribution in [0.2, 0.25) is 0 Å². The average molecular weight is 183 g/mol. The lowest BCUT2D eigenvalue weighted by atomic mass is 10.3. The van der Waals surface area contributed by atoms with Gasteiger partial charge in [0.15, 0.2) is 11.6 Å². The predicted octanol–water partition coefficient (Wildman–Crippen LogP) is 1.89. The molecule has 0 saturated carbocycles. The van der Waals surface area contributed by atoms with Crippen LogP contribution in [0.4, 0.5) is 8.78 Å². The zero-order chi connectivity index (χ0) is 6.85. The summed E-state index contributed by atoms with van der Waals surface area (Å²) in [6, 6.07) is 4.03. The summed E-state index contributed by atoms with van der Waals surface area (Å²) >= 11 is 0. The zero-order valence-electron chi connectivity index (χ0n) is 4.97. The molecule has 56 valence electrons. The van der Waals surface area contributed by atoms with E-state index in [9.17, 15) is 8.78 Å². The van der Waals surface area contributed by atoms with Gasteiger partial charge in [-0.25, -0.2) is 8.78 Å². The standard InChI is InChI=1S/C6H5F2P.ClH/c7-4-2-1-3-5(9)6(4)8;/h1-3H,9H2;1H. The molecule has 0 aliphatic heterocycles. The summed E-state index contributed by atoms with van der Waals surface area (Å²) < 4.78 is 24.5. The summed E-state index contributed by atoms with van der Waals surface area (Å²) in [5, 5.41) is 0.259. The summed E-state index contributed by atoms with van der Waals surface area (Å²) in [4.78, 5) is 0. The van der Waals surface area contributed by atoms with Crippen molar-refractivity contribution in [2.45, 2.75) is 0 Å². The predicted molar refractivity (Wildman–Crippen MR) is 43.0 cm³/mol. The maximum absolute atomic E-state index is 12.3. The van der Waals surface area contributed by atoms with Gasteiger partial charge in [-0.05, 0) is 6.07 Å². The van der Waals surface area contributed by atoms with Crippen molar-refractivity contribution in [3.8, 4) is 0 Å². The summed E-state index contributed by atoms with van der Waals surface area (Å²) in [7, 11) is 2.11. The monoisotopic (exact) mass is 182 g/mol. The second kappa shape index (κ2) is 3.85. The summed E-state index contributed by atoms with van der Waals surface area (Å²) in [6.07, 6.45) is 0. The largest absolute Gasteiger partial charge is 0.204 e. The highest BCUT2D eigenvalue weighted by atomic mass is 35.5. The molecule has 0 aromatic heterocycles. The second-order valence-electron chi connectivity index (χ2n) is 1.64. The van der Waals surface area contributed by atoms with Crippen molar-refractivity contribution in [3.05, 3.63) is 29.8 Å². The molecule has 0 radical (unpaired) electrons. The van der Waals surface area contributed by atoms with Gasteiger partial charge in [0.1, 0.15) is 0 Å². The fourth-order valence-corrected chi connectivity index (χ4v) is 0.769. The first kappa shape index (κ1) is 9.80. The van der Waals surface area contributed by atoms with Crippen molar-refractivity contribution in [1.29, 1.82) is 0 Å². The van der Waals surface area contributed by atoms with Gasteiger partial charge in [0.05, 0.1) is 0 Å². The van der Waals surface area contributed by atoms with E-state index in [0.29, 0.717) is 0 Å². The molecule has 1 unspecified atom stereocenters. The minimum absolute atomic E-state index is 0. The van der Waals surface area contributed by atoms with E-state index in [1.54, 1.807) is 0 Å². The van der Waals surface area contributed by atoms with Gasteiger partial charge in [-0.2, -0.15) is 0 Å². The topological polar surface area (TPSA) is 0 Å². The van der Waals surface area contributed by atoms with Gasteiger partial charge in [-0.15, -0.1) is 21.6 Å². The van der Waals surface area contributed by atoms with Gasteiger partial charge in [0.25, 0.3) is 0 Å². The first-order valence-electron chi connectivity index (χ1n) is 2.41. The molecule has 0 saturated heterocycles. The lowest BCUT2D eigenvalue weighted by Gasteiger charge is -1.93. The van der Waals surface area contributed by atoms with Crippen LogP contribution < -0.4 is 5.30 Å². The number of benzene rings is 1. The van der Waals surface area contributed by atoms with E-state index in [2.05, 4.69) is 9.24 Å². The van der Waals surface area contributed by atoms with Gasteiger partial charge in [0.2, 0.25) is 0 Å². The minimum Gasteiger partial charge on any atom is -0.204 e. The van der Waals surface area contributed by atoms with Crippen LogP contribution in [-0.4, -0.2) is 0 Å². The summed E-state index contributed by atoms with van der Waals surface area (Å²) in [5.41, 5.74) is 0. The van der Waals surface area contributed by atoms with Crippen molar-refractivity contribution in [3.63, 3.8) is 0 Å². The first-order chi connectivity index (χ1) is 4.22. The van der Waals surface area contributed by atoms with E-state index >= 15 is 0 Å². The molecule has 0 aliphatic carbocycles. The zero-order valence-corrected chi connectivity index (χ0v) is 6.94. The van der Waals surface area contributed by atoms with Crippen molar-refractivity contribution >= 4 is 27.0 Å². The van der Waals surface area contributed by atoms with Crippen molar-refractivity contribution in [1.82, 2.24) is 0 Å². The van der Waals surface area contributed by atoms with Crippen LogP contribution in [0.25, 0.3) is 0 Å². The van der Waals surface area contributed by atoms with Gasteiger partial charge < -0.3 is 0 Å². The smallest absolute Gasteiger partial charge is 0.165 e. The lowest BCUT2D eigenvalue weighted by Crippen LogP contribution is -1.99. The molecular weight excluding hydrogens is 176 g/mol. The maximum Gasteiger partial charge on any atom is 0.165 e. The minimum atomic E-state index is -0.803. The molecule has 0 heterocycles. The Morgan fingerprint density at radius 2 is 1.80 bits per heavy atom. The molecule has 10 heavy (non-hydrogen) atoms. The Morgan fingerprint density at radius 1 is 1.20 bits per heavy atom. The Labute approximate surface area is 66.2 Å². The SMILES string of the molecule is Cl.Fc1cccc(P)c1F. The van der Waals surface area contributed by atoms with Crippen molar-refractivity contribution in [2.75, 3.05) is 0 Å². The van der Waals surface area contributed by atoms with E-state index in [-0.39, 0.29) is 17.7 Å². The summed E-state index contributed by atoms with van der Waals surface area (Å²) in [6.45, 7) is 0. The van der Waals surface area contributed by atoms with E-state index in [1.807, 2.05) is 0 Å². The molecule has 1 aromatic rings. The molecule has 0 amide bonds. The highest BCUT2D eigenvalue weighted by Gasteiger charge is 2.00. The van der Waals surface area contributed by atoms with Crippen LogP contribution in [0.5, 0.6) is 0 Å². The van der Waals surface area contributed by atoms with E-state index in [0.717, 1.165) is 6.07 Å². The molecule has 0 bridgehead atoms. The van der Waals surface area contributed by atoms with Crippen LogP contribution in [0.1, 0.15) is 0 Å². The van der Waals surface area contributed by atoms with Gasteiger partial charge in [-0.3, -0.25) is 0 Å². The molecule has 1 atom stereocenters. The Bertz CT molecular complexity index is 207. The number of hydrogen-bond acceptors (Lipinski definition) is 0. The lowest BCUT2D eigenvalue weighted by molar-refractivity contribution is 0.514. The maximum atomic E-state index is 12.3. The third kappa shape index (κ3) is 1.89. The molecule has 4 heteroatoms. The van der Waals surface area contributed by atoms with Gasteiger partial charge in [-0.1, -0.05) is 12.1 Å².